The molecule has 0 saturated heterocycles. The first kappa shape index (κ1) is 33.0. The number of likely N-dealkylation sites (N-methyl/N-ethyl adjacent to an activating group) is 1. The van der Waals surface area contributed by atoms with Crippen molar-refractivity contribution in [3.05, 3.63) is 0 Å². The van der Waals surface area contributed by atoms with Crippen LogP contribution in [0.15, 0.2) is 0 Å². The van der Waals surface area contributed by atoms with Crippen molar-refractivity contribution in [2.75, 3.05) is 47.5 Å². The molecule has 0 aromatic carbocycles. The predicted molar refractivity (Wildman–Crippen MR) is 130 cm³/mol. The molecular weight excluding hydrogens is 461 g/mol. The fourth-order valence-corrected chi connectivity index (χ4v) is 3.73. The topological polar surface area (TPSA) is 111 Å². The number of ether oxygens (including phenoxy) is 2. The molecule has 0 aromatic heterocycles. The van der Waals surface area contributed by atoms with Gasteiger partial charge in [-0.1, -0.05) is 65.2 Å². The number of esters is 2. The van der Waals surface area contributed by atoms with Crippen LogP contribution in [0, 0.1) is 0 Å². The Bertz CT molecular complexity index is 594. The lowest BCUT2D eigenvalue weighted by molar-refractivity contribution is -0.870. The van der Waals surface area contributed by atoms with Gasteiger partial charge in [-0.05, 0) is 12.8 Å². The molecule has 0 fully saturated rings. The van der Waals surface area contributed by atoms with Gasteiger partial charge < -0.3 is 27.9 Å². The number of nitrogens with zero attached hydrogens (tertiary/aromatic N) is 1. The number of phosphoric acid groups is 1. The maximum Gasteiger partial charge on any atom is 0.306 e. The van der Waals surface area contributed by atoms with Crippen molar-refractivity contribution < 1.29 is 42.1 Å². The predicted octanol–water partition coefficient (Wildman–Crippen LogP) is 4.37. The molecule has 0 N–H and O–H groups in total. The minimum Gasteiger partial charge on any atom is -0.756 e. The normalized spacial score (nSPS) is 14.4. The Morgan fingerprint density at radius 2 is 1.32 bits per heavy atom. The molecule has 0 aliphatic rings. The van der Waals surface area contributed by atoms with Gasteiger partial charge in [-0.2, -0.15) is 0 Å². The van der Waals surface area contributed by atoms with Crippen LogP contribution >= 0.6 is 7.82 Å². The first-order chi connectivity index (χ1) is 16.0. The second-order valence-electron chi connectivity index (χ2n) is 9.71. The standard InChI is InChI=1S/C24H48NO8P/c1-6-8-10-11-12-13-15-17-24(27)33-22(20-30-23(26)16-14-9-7-2)21-32-34(28,29)31-19-18-25(3,4)5/h22H,6-21H2,1-5H3. The Hall–Kier alpha value is -0.990. The van der Waals surface area contributed by atoms with Crippen molar-refractivity contribution in [2.24, 2.45) is 0 Å². The Morgan fingerprint density at radius 3 is 1.94 bits per heavy atom. The zero-order valence-electron chi connectivity index (χ0n) is 22.1. The van der Waals surface area contributed by atoms with Crippen LogP contribution in [-0.4, -0.2) is 70.0 Å². The number of rotatable bonds is 22. The average molecular weight is 510 g/mol. The highest BCUT2D eigenvalue weighted by Crippen LogP contribution is 2.38. The molecule has 0 rings (SSSR count). The second-order valence-corrected chi connectivity index (χ2v) is 11.1. The number of carbonyl (C=O) groups is 2. The van der Waals surface area contributed by atoms with E-state index in [-0.39, 0.29) is 26.1 Å². The molecule has 9 nitrogen and oxygen atoms in total. The second kappa shape index (κ2) is 19.2. The molecule has 202 valence electrons. The van der Waals surface area contributed by atoms with Crippen LogP contribution in [-0.2, 0) is 32.7 Å². The van der Waals surface area contributed by atoms with Gasteiger partial charge in [0, 0.05) is 12.8 Å². The van der Waals surface area contributed by atoms with Crippen LogP contribution in [0.4, 0.5) is 0 Å². The zero-order chi connectivity index (χ0) is 25.9. The highest BCUT2D eigenvalue weighted by Gasteiger charge is 2.21. The van der Waals surface area contributed by atoms with Crippen molar-refractivity contribution in [3.63, 3.8) is 0 Å². The van der Waals surface area contributed by atoms with Gasteiger partial charge in [0.2, 0.25) is 0 Å². The molecule has 0 saturated carbocycles. The minimum atomic E-state index is -4.58. The number of hydrogen-bond acceptors (Lipinski definition) is 8. The highest BCUT2D eigenvalue weighted by molar-refractivity contribution is 7.45. The first-order valence-electron chi connectivity index (χ1n) is 12.7. The molecule has 0 aliphatic carbocycles. The van der Waals surface area contributed by atoms with Gasteiger partial charge in [-0.25, -0.2) is 0 Å². The van der Waals surface area contributed by atoms with Crippen LogP contribution in [0.2, 0.25) is 0 Å². The quantitative estimate of drug-likeness (QED) is 0.0915. The summed E-state index contributed by atoms with van der Waals surface area (Å²) in [6, 6.07) is 0. The van der Waals surface area contributed by atoms with Crippen LogP contribution in [0.5, 0.6) is 0 Å². The summed E-state index contributed by atoms with van der Waals surface area (Å²) in [4.78, 5) is 36.2. The largest absolute Gasteiger partial charge is 0.756 e. The lowest BCUT2D eigenvalue weighted by Crippen LogP contribution is -2.37. The smallest absolute Gasteiger partial charge is 0.306 e. The van der Waals surface area contributed by atoms with Gasteiger partial charge in [0.25, 0.3) is 7.82 Å². The summed E-state index contributed by atoms with van der Waals surface area (Å²) in [5.41, 5.74) is 0. The molecule has 0 spiro atoms. The molecule has 0 radical (unpaired) electrons. The van der Waals surface area contributed by atoms with Gasteiger partial charge in [0.05, 0.1) is 27.7 Å². The van der Waals surface area contributed by atoms with E-state index in [2.05, 4.69) is 6.92 Å². The Balaban J connectivity index is 4.59. The van der Waals surface area contributed by atoms with E-state index in [1.807, 2.05) is 28.1 Å². The number of carbonyl (C=O) groups excluding carboxylic acids is 2. The molecule has 0 heterocycles. The molecule has 0 aromatic rings. The fraction of sp³-hybridized carbons (Fsp3) is 0.917. The van der Waals surface area contributed by atoms with Gasteiger partial charge in [0.1, 0.15) is 19.8 Å². The van der Waals surface area contributed by atoms with E-state index in [0.717, 1.165) is 32.1 Å². The lowest BCUT2D eigenvalue weighted by atomic mass is 10.1. The maximum atomic E-state index is 12.3. The van der Waals surface area contributed by atoms with Crippen molar-refractivity contribution in [1.82, 2.24) is 0 Å². The van der Waals surface area contributed by atoms with E-state index < -0.39 is 32.5 Å². The van der Waals surface area contributed by atoms with E-state index in [1.165, 1.54) is 19.3 Å². The third kappa shape index (κ3) is 21.5. The van der Waals surface area contributed by atoms with Crippen molar-refractivity contribution in [1.29, 1.82) is 0 Å². The van der Waals surface area contributed by atoms with Crippen LogP contribution < -0.4 is 4.89 Å². The van der Waals surface area contributed by atoms with Crippen molar-refractivity contribution >= 4 is 19.8 Å². The molecule has 0 amide bonds. The summed E-state index contributed by atoms with van der Waals surface area (Å²) < 4.78 is 33.0. The summed E-state index contributed by atoms with van der Waals surface area (Å²) >= 11 is 0. The molecular formula is C24H48NO8P. The number of hydrogen-bond donors (Lipinski definition) is 0. The molecule has 34 heavy (non-hydrogen) atoms. The van der Waals surface area contributed by atoms with E-state index in [0.29, 0.717) is 23.9 Å². The van der Waals surface area contributed by atoms with Gasteiger partial charge in [0.15, 0.2) is 6.10 Å². The fourth-order valence-electron chi connectivity index (χ4n) is 3.00. The lowest BCUT2D eigenvalue weighted by Gasteiger charge is -2.28. The number of quaternary nitrogens is 1. The van der Waals surface area contributed by atoms with Crippen LogP contribution in [0.3, 0.4) is 0 Å². The maximum absolute atomic E-state index is 12.3. The Kier molecular flexibility index (Phi) is 18.7. The zero-order valence-corrected chi connectivity index (χ0v) is 22.9. The number of unbranched alkanes of at least 4 members (excludes halogenated alkanes) is 8. The monoisotopic (exact) mass is 509 g/mol. The molecule has 0 bridgehead atoms. The molecule has 2 atom stereocenters. The average Bonchev–Trinajstić information content (AvgIpc) is 2.74. The SMILES string of the molecule is CCCCCCCCCC(=O)OC(COC(=O)CCCCC)COP(=O)([O-])OCC[N+](C)(C)C. The first-order valence-corrected chi connectivity index (χ1v) is 14.2. The third-order valence-electron chi connectivity index (χ3n) is 5.13. The minimum absolute atomic E-state index is 0.0284. The Labute approximate surface area is 206 Å². The van der Waals surface area contributed by atoms with E-state index >= 15 is 0 Å². The van der Waals surface area contributed by atoms with Gasteiger partial charge in [-0.3, -0.25) is 14.2 Å². The third-order valence-corrected chi connectivity index (χ3v) is 6.09. The van der Waals surface area contributed by atoms with Gasteiger partial charge >= 0.3 is 11.9 Å². The Morgan fingerprint density at radius 1 is 0.794 bits per heavy atom. The highest BCUT2D eigenvalue weighted by atomic mass is 31.2. The van der Waals surface area contributed by atoms with Crippen molar-refractivity contribution in [2.45, 2.75) is 97.0 Å². The van der Waals surface area contributed by atoms with Gasteiger partial charge in [-0.15, -0.1) is 0 Å². The summed E-state index contributed by atoms with van der Waals surface area (Å²) in [6.07, 6.45) is 9.55. The molecule has 10 heteroatoms. The molecule has 0 aliphatic heterocycles. The summed E-state index contributed by atoms with van der Waals surface area (Å²) in [6.45, 7) is 3.93. The van der Waals surface area contributed by atoms with E-state index in [4.69, 9.17) is 18.5 Å². The summed E-state index contributed by atoms with van der Waals surface area (Å²) in [5, 5.41) is 0. The van der Waals surface area contributed by atoms with E-state index in [1.54, 1.807) is 0 Å². The van der Waals surface area contributed by atoms with E-state index in [9.17, 15) is 19.0 Å². The summed E-state index contributed by atoms with van der Waals surface area (Å²) in [7, 11) is 1.16. The molecule has 2 unspecified atom stereocenters. The number of phosphoric ester groups is 1. The van der Waals surface area contributed by atoms with Crippen LogP contribution in [0.1, 0.15) is 90.9 Å². The van der Waals surface area contributed by atoms with Crippen LogP contribution in [0.25, 0.3) is 0 Å². The van der Waals surface area contributed by atoms with Crippen molar-refractivity contribution in [3.8, 4) is 0 Å². The summed E-state index contributed by atoms with van der Waals surface area (Å²) in [5.74, 6) is -0.873.